The molecule has 0 aromatic carbocycles. The zero-order chi connectivity index (χ0) is 7.33. The molecular weight excluding hydrogens is 112 g/mol. The summed E-state index contributed by atoms with van der Waals surface area (Å²) >= 11 is 0. The van der Waals surface area contributed by atoms with Crippen molar-refractivity contribution in [2.24, 2.45) is 11.1 Å². The predicted octanol–water partition coefficient (Wildman–Crippen LogP) is 0.581. The average Bonchev–Trinajstić information content (AvgIpc) is 1.84. The summed E-state index contributed by atoms with van der Waals surface area (Å²) in [4.78, 5) is 0. The van der Waals surface area contributed by atoms with Crippen molar-refractivity contribution in [3.8, 4) is 0 Å². The Labute approximate surface area is 57.8 Å². The van der Waals surface area contributed by atoms with Crippen LogP contribution in [0.1, 0.15) is 20.3 Å². The van der Waals surface area contributed by atoms with E-state index in [2.05, 4.69) is 19.2 Å². The maximum atomic E-state index is 5.52. The van der Waals surface area contributed by atoms with E-state index in [0.29, 0.717) is 5.41 Å². The molecule has 0 aromatic rings. The van der Waals surface area contributed by atoms with Crippen LogP contribution in [0.4, 0.5) is 0 Å². The Hall–Kier alpha value is -0.0800. The lowest BCUT2D eigenvalue weighted by Crippen LogP contribution is -2.27. The third-order valence-corrected chi connectivity index (χ3v) is 1.60. The maximum absolute atomic E-state index is 5.52. The van der Waals surface area contributed by atoms with Gasteiger partial charge in [-0.2, -0.15) is 0 Å². The first-order valence-electron chi connectivity index (χ1n) is 3.47. The number of hydrogen-bond donors (Lipinski definition) is 2. The SMILES string of the molecule is CNCCC(C)(C)CN. The molecule has 0 aliphatic heterocycles. The van der Waals surface area contributed by atoms with Crippen molar-refractivity contribution >= 4 is 0 Å². The second-order valence-corrected chi connectivity index (χ2v) is 3.22. The molecule has 0 heterocycles. The lowest BCUT2D eigenvalue weighted by molar-refractivity contribution is 0.344. The Balaban J connectivity index is 3.33. The second kappa shape index (κ2) is 3.85. The number of nitrogens with one attached hydrogen (secondary N) is 1. The monoisotopic (exact) mass is 130 g/mol. The van der Waals surface area contributed by atoms with Gasteiger partial charge in [0.25, 0.3) is 0 Å². The van der Waals surface area contributed by atoms with Gasteiger partial charge in [0.15, 0.2) is 0 Å². The summed E-state index contributed by atoms with van der Waals surface area (Å²) in [6.45, 7) is 6.20. The summed E-state index contributed by atoms with van der Waals surface area (Å²) < 4.78 is 0. The van der Waals surface area contributed by atoms with Crippen LogP contribution >= 0.6 is 0 Å². The normalized spacial score (nSPS) is 12.0. The van der Waals surface area contributed by atoms with Gasteiger partial charge in [-0.3, -0.25) is 0 Å². The Kier molecular flexibility index (Phi) is 3.82. The van der Waals surface area contributed by atoms with E-state index in [1.54, 1.807) is 0 Å². The van der Waals surface area contributed by atoms with Crippen molar-refractivity contribution in [2.75, 3.05) is 20.1 Å². The van der Waals surface area contributed by atoms with Gasteiger partial charge in [0.1, 0.15) is 0 Å². The average molecular weight is 130 g/mol. The molecule has 2 heteroatoms. The van der Waals surface area contributed by atoms with Crippen LogP contribution in [0.15, 0.2) is 0 Å². The number of rotatable bonds is 4. The molecule has 0 spiro atoms. The molecule has 0 bridgehead atoms. The summed E-state index contributed by atoms with van der Waals surface area (Å²) in [5.74, 6) is 0. The van der Waals surface area contributed by atoms with Crippen LogP contribution in [-0.4, -0.2) is 20.1 Å². The van der Waals surface area contributed by atoms with Crippen molar-refractivity contribution in [1.29, 1.82) is 0 Å². The van der Waals surface area contributed by atoms with Gasteiger partial charge in [-0.15, -0.1) is 0 Å². The Morgan fingerprint density at radius 1 is 1.44 bits per heavy atom. The molecule has 0 rings (SSSR count). The highest BCUT2D eigenvalue weighted by atomic mass is 14.8. The summed E-state index contributed by atoms with van der Waals surface area (Å²) in [5, 5.41) is 3.10. The van der Waals surface area contributed by atoms with E-state index in [4.69, 9.17) is 5.73 Å². The first-order valence-corrected chi connectivity index (χ1v) is 3.47. The molecule has 0 radical (unpaired) electrons. The molecule has 2 nitrogen and oxygen atoms in total. The zero-order valence-electron chi connectivity index (χ0n) is 6.70. The topological polar surface area (TPSA) is 38.0 Å². The summed E-state index contributed by atoms with van der Waals surface area (Å²) in [6.07, 6.45) is 1.15. The van der Waals surface area contributed by atoms with Gasteiger partial charge in [-0.25, -0.2) is 0 Å². The van der Waals surface area contributed by atoms with Crippen molar-refractivity contribution in [2.45, 2.75) is 20.3 Å². The molecule has 0 aliphatic rings. The number of nitrogens with two attached hydrogens (primary N) is 1. The van der Waals surface area contributed by atoms with Gasteiger partial charge in [-0.1, -0.05) is 13.8 Å². The van der Waals surface area contributed by atoms with Crippen molar-refractivity contribution in [3.05, 3.63) is 0 Å². The van der Waals surface area contributed by atoms with Crippen molar-refractivity contribution in [3.63, 3.8) is 0 Å². The molecular formula is C7H18N2. The van der Waals surface area contributed by atoms with Crippen molar-refractivity contribution in [1.82, 2.24) is 5.32 Å². The fourth-order valence-electron chi connectivity index (χ4n) is 0.565. The zero-order valence-corrected chi connectivity index (χ0v) is 6.70. The fourth-order valence-corrected chi connectivity index (χ4v) is 0.565. The van der Waals surface area contributed by atoms with Gasteiger partial charge >= 0.3 is 0 Å². The fraction of sp³-hybridized carbons (Fsp3) is 1.00. The minimum absolute atomic E-state index is 0.309. The van der Waals surface area contributed by atoms with Crippen LogP contribution in [0.25, 0.3) is 0 Å². The van der Waals surface area contributed by atoms with E-state index in [1.165, 1.54) is 0 Å². The van der Waals surface area contributed by atoms with Crippen LogP contribution in [0, 0.1) is 5.41 Å². The molecule has 9 heavy (non-hydrogen) atoms. The maximum Gasteiger partial charge on any atom is -0.00253 e. The Morgan fingerprint density at radius 3 is 2.33 bits per heavy atom. The number of hydrogen-bond acceptors (Lipinski definition) is 2. The van der Waals surface area contributed by atoms with Crippen LogP contribution < -0.4 is 11.1 Å². The molecule has 0 fully saturated rings. The molecule has 0 saturated carbocycles. The standard InChI is InChI=1S/C7H18N2/c1-7(2,6-8)4-5-9-3/h9H,4-6,8H2,1-3H3. The summed E-state index contributed by atoms with van der Waals surface area (Å²) in [6, 6.07) is 0. The highest BCUT2D eigenvalue weighted by Gasteiger charge is 2.13. The highest BCUT2D eigenvalue weighted by molar-refractivity contribution is 4.69. The van der Waals surface area contributed by atoms with E-state index >= 15 is 0 Å². The minimum Gasteiger partial charge on any atom is -0.330 e. The first kappa shape index (κ1) is 8.92. The van der Waals surface area contributed by atoms with Gasteiger partial charge in [0, 0.05) is 0 Å². The van der Waals surface area contributed by atoms with E-state index < -0.39 is 0 Å². The molecule has 0 saturated heterocycles. The molecule has 3 N–H and O–H groups in total. The first-order chi connectivity index (χ1) is 4.12. The molecule has 0 amide bonds. The van der Waals surface area contributed by atoms with Crippen molar-refractivity contribution < 1.29 is 0 Å². The van der Waals surface area contributed by atoms with Gasteiger partial charge < -0.3 is 11.1 Å². The van der Waals surface area contributed by atoms with Crippen LogP contribution in [0.5, 0.6) is 0 Å². The van der Waals surface area contributed by atoms with Crippen LogP contribution in [-0.2, 0) is 0 Å². The van der Waals surface area contributed by atoms with Gasteiger partial charge in [-0.05, 0) is 32.0 Å². The molecule has 0 atom stereocenters. The van der Waals surface area contributed by atoms with Gasteiger partial charge in [0.2, 0.25) is 0 Å². The highest BCUT2D eigenvalue weighted by Crippen LogP contribution is 2.16. The molecule has 0 unspecified atom stereocenters. The predicted molar refractivity (Wildman–Crippen MR) is 41.4 cm³/mol. The third-order valence-electron chi connectivity index (χ3n) is 1.60. The lowest BCUT2D eigenvalue weighted by Gasteiger charge is -2.21. The Bertz CT molecular complexity index is 69.3. The second-order valence-electron chi connectivity index (χ2n) is 3.22. The van der Waals surface area contributed by atoms with E-state index in [9.17, 15) is 0 Å². The van der Waals surface area contributed by atoms with Crippen LogP contribution in [0.3, 0.4) is 0 Å². The smallest absolute Gasteiger partial charge is 0.00253 e. The largest absolute Gasteiger partial charge is 0.330 e. The summed E-state index contributed by atoms with van der Waals surface area (Å²) in [5.41, 5.74) is 5.83. The Morgan fingerprint density at radius 2 is 2.00 bits per heavy atom. The van der Waals surface area contributed by atoms with E-state index in [-0.39, 0.29) is 0 Å². The quantitative estimate of drug-likeness (QED) is 0.584. The van der Waals surface area contributed by atoms with E-state index in [1.807, 2.05) is 7.05 Å². The summed E-state index contributed by atoms with van der Waals surface area (Å²) in [7, 11) is 1.96. The molecule has 0 aromatic heterocycles. The minimum atomic E-state index is 0.309. The van der Waals surface area contributed by atoms with E-state index in [0.717, 1.165) is 19.5 Å². The van der Waals surface area contributed by atoms with Gasteiger partial charge in [0.05, 0.1) is 0 Å². The third kappa shape index (κ3) is 4.43. The lowest BCUT2D eigenvalue weighted by atomic mass is 9.90. The molecule has 56 valence electrons. The van der Waals surface area contributed by atoms with Crippen LogP contribution in [0.2, 0.25) is 0 Å². The molecule has 0 aliphatic carbocycles.